The van der Waals surface area contributed by atoms with Gasteiger partial charge in [0.1, 0.15) is 0 Å². The molecule has 0 atom stereocenters. The van der Waals surface area contributed by atoms with E-state index in [4.69, 9.17) is 0 Å². The zero-order chi connectivity index (χ0) is 21.0. The molecule has 8 nitrogen and oxygen atoms in total. The van der Waals surface area contributed by atoms with Crippen molar-refractivity contribution >= 4 is 16.0 Å². The Hall–Kier alpha value is -3.04. The smallest absolute Gasteiger partial charge is 0.337 e. The number of carbonyl (C=O) groups is 1. The molecule has 0 aliphatic carbocycles. The minimum atomic E-state index is -3.69. The monoisotopic (exact) mass is 414 g/mol. The molecule has 0 saturated heterocycles. The number of ether oxygens (including phenoxy) is 1. The third kappa shape index (κ3) is 4.52. The van der Waals surface area contributed by atoms with E-state index >= 15 is 0 Å². The van der Waals surface area contributed by atoms with E-state index in [-0.39, 0.29) is 11.4 Å². The number of nitrogens with zero attached hydrogens (tertiary/aromatic N) is 3. The Labute approximate surface area is 169 Å². The number of aromatic nitrogens is 3. The Morgan fingerprint density at radius 1 is 1.14 bits per heavy atom. The maximum Gasteiger partial charge on any atom is 0.337 e. The number of rotatable bonds is 7. The number of esters is 1. The molecule has 0 aliphatic rings. The lowest BCUT2D eigenvalue weighted by atomic mass is 10.1. The fourth-order valence-electron chi connectivity index (χ4n) is 3.02. The molecule has 3 rings (SSSR count). The molecule has 0 bridgehead atoms. The zero-order valence-electron chi connectivity index (χ0n) is 16.4. The molecule has 0 fully saturated rings. The topological polar surface area (TPSA) is 103 Å². The Morgan fingerprint density at radius 2 is 1.86 bits per heavy atom. The predicted molar refractivity (Wildman–Crippen MR) is 108 cm³/mol. The summed E-state index contributed by atoms with van der Waals surface area (Å²) in [6.45, 7) is 4.04. The molecule has 0 unspecified atom stereocenters. The predicted octanol–water partition coefficient (Wildman–Crippen LogP) is 2.19. The number of pyridine rings is 1. The highest BCUT2D eigenvalue weighted by atomic mass is 32.2. The van der Waals surface area contributed by atoms with E-state index in [0.29, 0.717) is 17.8 Å². The highest BCUT2D eigenvalue weighted by Gasteiger charge is 2.17. The molecule has 1 N–H and O–H groups in total. The van der Waals surface area contributed by atoms with Gasteiger partial charge < -0.3 is 4.74 Å². The number of methoxy groups -OCH3 is 1. The van der Waals surface area contributed by atoms with Crippen molar-refractivity contribution in [2.45, 2.75) is 25.2 Å². The summed E-state index contributed by atoms with van der Waals surface area (Å²) in [5.74, 6) is 0.198. The van der Waals surface area contributed by atoms with Crippen molar-refractivity contribution in [1.29, 1.82) is 0 Å². The molecular formula is C20H22N4O4S. The van der Waals surface area contributed by atoms with E-state index in [1.165, 1.54) is 31.4 Å². The number of hydrogen-bond acceptors (Lipinski definition) is 6. The molecular weight excluding hydrogens is 392 g/mol. The van der Waals surface area contributed by atoms with E-state index < -0.39 is 16.0 Å². The lowest BCUT2D eigenvalue weighted by Crippen LogP contribution is -2.26. The summed E-state index contributed by atoms with van der Waals surface area (Å²) in [5, 5.41) is 4.52. The number of benzene rings is 1. The van der Waals surface area contributed by atoms with Crippen molar-refractivity contribution in [3.05, 3.63) is 71.2 Å². The van der Waals surface area contributed by atoms with Crippen LogP contribution in [-0.2, 0) is 21.2 Å². The van der Waals surface area contributed by atoms with Crippen molar-refractivity contribution in [3.8, 4) is 5.82 Å². The Balaban J connectivity index is 1.69. The average Bonchev–Trinajstić information content (AvgIpc) is 3.02. The van der Waals surface area contributed by atoms with Gasteiger partial charge in [0, 0.05) is 18.4 Å². The van der Waals surface area contributed by atoms with Crippen LogP contribution in [-0.4, -0.2) is 42.8 Å². The first-order valence-corrected chi connectivity index (χ1v) is 10.5. The highest BCUT2D eigenvalue weighted by molar-refractivity contribution is 7.89. The fourth-order valence-corrected chi connectivity index (χ4v) is 4.05. The third-order valence-corrected chi connectivity index (χ3v) is 6.04. The number of nitrogens with one attached hydrogen (secondary N) is 1. The Bertz CT molecular complexity index is 1110. The largest absolute Gasteiger partial charge is 0.465 e. The summed E-state index contributed by atoms with van der Waals surface area (Å²) >= 11 is 0. The number of aryl methyl sites for hydroxylation is 1. The van der Waals surface area contributed by atoms with Crippen LogP contribution in [0.15, 0.2) is 53.6 Å². The molecule has 0 saturated carbocycles. The van der Waals surface area contributed by atoms with Gasteiger partial charge in [0.2, 0.25) is 10.0 Å². The van der Waals surface area contributed by atoms with E-state index in [2.05, 4.69) is 19.5 Å². The molecule has 0 amide bonds. The Kier molecular flexibility index (Phi) is 6.09. The lowest BCUT2D eigenvalue weighted by Gasteiger charge is -2.08. The summed E-state index contributed by atoms with van der Waals surface area (Å²) in [6.07, 6.45) is 2.19. The van der Waals surface area contributed by atoms with Crippen LogP contribution in [0.1, 0.15) is 27.3 Å². The van der Waals surface area contributed by atoms with Crippen LogP contribution in [0, 0.1) is 13.8 Å². The van der Waals surface area contributed by atoms with Gasteiger partial charge in [-0.1, -0.05) is 6.07 Å². The van der Waals surface area contributed by atoms with Crippen LogP contribution in [0.5, 0.6) is 0 Å². The summed E-state index contributed by atoms with van der Waals surface area (Å²) in [5.41, 5.74) is 3.01. The van der Waals surface area contributed by atoms with Crippen LogP contribution in [0.4, 0.5) is 0 Å². The van der Waals surface area contributed by atoms with Crippen molar-refractivity contribution in [2.75, 3.05) is 13.7 Å². The van der Waals surface area contributed by atoms with Crippen molar-refractivity contribution in [1.82, 2.24) is 19.5 Å². The molecule has 1 aromatic carbocycles. The number of carbonyl (C=O) groups excluding carboxylic acids is 1. The molecule has 2 aromatic heterocycles. The second kappa shape index (κ2) is 8.54. The molecule has 2 heterocycles. The quantitative estimate of drug-likeness (QED) is 0.595. The minimum absolute atomic E-state index is 0.0859. The first-order chi connectivity index (χ1) is 13.8. The SMILES string of the molecule is COC(=O)c1ccc(S(=O)(=O)NCCc2c(C)nn(-c3ccccn3)c2C)cc1. The molecule has 9 heteroatoms. The summed E-state index contributed by atoms with van der Waals surface area (Å²) in [7, 11) is -2.42. The van der Waals surface area contributed by atoms with Crippen LogP contribution in [0.25, 0.3) is 5.82 Å². The zero-order valence-corrected chi connectivity index (χ0v) is 17.2. The van der Waals surface area contributed by atoms with Crippen molar-refractivity contribution < 1.29 is 17.9 Å². The van der Waals surface area contributed by atoms with Gasteiger partial charge in [-0.2, -0.15) is 5.10 Å². The van der Waals surface area contributed by atoms with Gasteiger partial charge >= 0.3 is 5.97 Å². The fraction of sp³-hybridized carbons (Fsp3) is 0.250. The van der Waals surface area contributed by atoms with E-state index in [9.17, 15) is 13.2 Å². The van der Waals surface area contributed by atoms with Crippen molar-refractivity contribution in [3.63, 3.8) is 0 Å². The number of hydrogen-bond donors (Lipinski definition) is 1. The molecule has 3 aromatic rings. The summed E-state index contributed by atoms with van der Waals surface area (Å²) in [4.78, 5) is 15.9. The van der Waals surface area contributed by atoms with Gasteiger partial charge in [-0.05, 0) is 62.2 Å². The first-order valence-electron chi connectivity index (χ1n) is 8.98. The second-order valence-corrected chi connectivity index (χ2v) is 8.18. The average molecular weight is 414 g/mol. The maximum absolute atomic E-state index is 12.5. The molecule has 0 aliphatic heterocycles. The maximum atomic E-state index is 12.5. The van der Waals surface area contributed by atoms with E-state index in [1.807, 2.05) is 32.0 Å². The van der Waals surface area contributed by atoms with Gasteiger partial charge in [0.05, 0.1) is 23.3 Å². The third-order valence-electron chi connectivity index (χ3n) is 4.56. The number of sulfonamides is 1. The highest BCUT2D eigenvalue weighted by Crippen LogP contribution is 2.17. The lowest BCUT2D eigenvalue weighted by molar-refractivity contribution is 0.0600. The molecule has 0 spiro atoms. The minimum Gasteiger partial charge on any atom is -0.465 e. The molecule has 152 valence electrons. The van der Waals surface area contributed by atoms with Crippen LogP contribution in [0.2, 0.25) is 0 Å². The Morgan fingerprint density at radius 3 is 2.48 bits per heavy atom. The van der Waals surface area contributed by atoms with Crippen molar-refractivity contribution in [2.24, 2.45) is 0 Å². The van der Waals surface area contributed by atoms with Gasteiger partial charge in [-0.25, -0.2) is 27.6 Å². The summed E-state index contributed by atoms with van der Waals surface area (Å²) in [6, 6.07) is 11.2. The first kappa shape index (κ1) is 20.7. The van der Waals surface area contributed by atoms with Gasteiger partial charge in [0.25, 0.3) is 0 Å². The van der Waals surface area contributed by atoms with Crippen LogP contribution < -0.4 is 4.72 Å². The van der Waals surface area contributed by atoms with Gasteiger partial charge in [-0.15, -0.1) is 0 Å². The van der Waals surface area contributed by atoms with Gasteiger partial charge in [0.15, 0.2) is 5.82 Å². The van der Waals surface area contributed by atoms with Crippen LogP contribution in [0.3, 0.4) is 0 Å². The van der Waals surface area contributed by atoms with Gasteiger partial charge in [-0.3, -0.25) is 0 Å². The normalized spacial score (nSPS) is 11.4. The second-order valence-electron chi connectivity index (χ2n) is 6.41. The molecule has 29 heavy (non-hydrogen) atoms. The molecule has 0 radical (unpaired) electrons. The summed E-state index contributed by atoms with van der Waals surface area (Å²) < 4.78 is 34.0. The van der Waals surface area contributed by atoms with Crippen LogP contribution >= 0.6 is 0 Å². The standard InChI is InChI=1S/C20H22N4O4S/c1-14-18(15(2)24(23-14)19-6-4-5-12-21-19)11-13-22-29(26,27)17-9-7-16(8-10-17)20(25)28-3/h4-10,12,22H,11,13H2,1-3H3. The van der Waals surface area contributed by atoms with E-state index in [1.54, 1.807) is 10.9 Å². The van der Waals surface area contributed by atoms with E-state index in [0.717, 1.165) is 17.0 Å².